The Morgan fingerprint density at radius 3 is 2.71 bits per heavy atom. The molecule has 1 heterocycles. The van der Waals surface area contributed by atoms with E-state index in [2.05, 4.69) is 31.2 Å². The predicted molar refractivity (Wildman–Crippen MR) is 71.0 cm³/mol. The molecule has 4 heteroatoms. The summed E-state index contributed by atoms with van der Waals surface area (Å²) in [4.78, 5) is 16.6. The van der Waals surface area contributed by atoms with Gasteiger partial charge in [0.05, 0.1) is 5.54 Å². The molecule has 1 N–H and O–H groups in total. The van der Waals surface area contributed by atoms with E-state index in [-0.39, 0.29) is 5.91 Å². The maximum absolute atomic E-state index is 12.4. The zero-order valence-corrected chi connectivity index (χ0v) is 11.9. The number of nitrogens with one attached hydrogen (secondary N) is 1. The van der Waals surface area contributed by atoms with Crippen LogP contribution in [0.15, 0.2) is 0 Å². The smallest absolute Gasteiger partial charge is 0.242 e. The maximum atomic E-state index is 12.4. The molecule has 0 aromatic carbocycles. The van der Waals surface area contributed by atoms with Gasteiger partial charge < -0.3 is 15.1 Å². The van der Waals surface area contributed by atoms with E-state index < -0.39 is 5.54 Å². The van der Waals surface area contributed by atoms with Gasteiger partial charge in [0.1, 0.15) is 0 Å². The van der Waals surface area contributed by atoms with Gasteiger partial charge in [-0.05, 0) is 60.8 Å². The molecule has 0 radical (unpaired) electrons. The summed E-state index contributed by atoms with van der Waals surface area (Å²) in [6.07, 6.45) is 2.08. The molecule has 0 aromatic rings. The quantitative estimate of drug-likeness (QED) is 0.795. The number of hydrogen-bond acceptors (Lipinski definition) is 3. The van der Waals surface area contributed by atoms with Crippen LogP contribution < -0.4 is 5.32 Å². The van der Waals surface area contributed by atoms with Gasteiger partial charge in [-0.1, -0.05) is 0 Å². The van der Waals surface area contributed by atoms with Crippen molar-refractivity contribution in [2.75, 3.05) is 33.7 Å². The van der Waals surface area contributed by atoms with Crippen molar-refractivity contribution < 1.29 is 4.79 Å². The molecule has 1 fully saturated rings. The van der Waals surface area contributed by atoms with Crippen LogP contribution >= 0.6 is 0 Å². The first-order valence-corrected chi connectivity index (χ1v) is 6.55. The molecule has 0 aromatic heterocycles. The van der Waals surface area contributed by atoms with E-state index in [1.165, 1.54) is 0 Å². The number of nitrogens with zero attached hydrogens (tertiary/aromatic N) is 2. The molecule has 0 bridgehead atoms. The molecule has 0 spiro atoms. The molecular formula is C13H27N3O. The summed E-state index contributed by atoms with van der Waals surface area (Å²) in [6, 6.07) is 0.346. The lowest BCUT2D eigenvalue weighted by Crippen LogP contribution is -2.53. The van der Waals surface area contributed by atoms with Crippen LogP contribution in [-0.2, 0) is 4.79 Å². The van der Waals surface area contributed by atoms with E-state index in [1.54, 1.807) is 0 Å². The summed E-state index contributed by atoms with van der Waals surface area (Å²) in [5.41, 5.74) is -0.414. The summed E-state index contributed by atoms with van der Waals surface area (Å²) in [5.74, 6) is 0.237. The molecule has 1 saturated heterocycles. The first-order valence-electron chi connectivity index (χ1n) is 6.55. The van der Waals surface area contributed by atoms with Crippen LogP contribution in [0.2, 0.25) is 0 Å². The van der Waals surface area contributed by atoms with Crippen LogP contribution in [0.5, 0.6) is 0 Å². The third kappa shape index (κ3) is 3.96. The Labute approximate surface area is 105 Å². The van der Waals surface area contributed by atoms with Crippen LogP contribution in [0.3, 0.4) is 0 Å². The molecule has 1 unspecified atom stereocenters. The highest BCUT2D eigenvalue weighted by atomic mass is 16.2. The molecule has 0 aliphatic carbocycles. The Kier molecular flexibility index (Phi) is 4.95. The van der Waals surface area contributed by atoms with Crippen LogP contribution in [0, 0.1) is 0 Å². The second kappa shape index (κ2) is 5.83. The largest absolute Gasteiger partial charge is 0.338 e. The van der Waals surface area contributed by atoms with Crippen molar-refractivity contribution in [3.05, 3.63) is 0 Å². The van der Waals surface area contributed by atoms with Crippen LogP contribution in [0.25, 0.3) is 0 Å². The topological polar surface area (TPSA) is 35.6 Å². The average Bonchev–Trinajstić information content (AvgIpc) is 2.30. The van der Waals surface area contributed by atoms with Crippen LogP contribution in [0.1, 0.15) is 33.6 Å². The van der Waals surface area contributed by atoms with Gasteiger partial charge in [0, 0.05) is 12.6 Å². The molecule has 100 valence electrons. The fraction of sp³-hybridized carbons (Fsp3) is 0.923. The fourth-order valence-corrected chi connectivity index (χ4v) is 2.26. The lowest BCUT2D eigenvalue weighted by atomic mass is 10.0. The molecule has 1 aliphatic rings. The lowest BCUT2D eigenvalue weighted by molar-refractivity contribution is -0.138. The van der Waals surface area contributed by atoms with Crippen molar-refractivity contribution in [3.8, 4) is 0 Å². The highest BCUT2D eigenvalue weighted by Crippen LogP contribution is 2.17. The Balaban J connectivity index is 2.61. The Bertz CT molecular complexity index is 263. The molecule has 17 heavy (non-hydrogen) atoms. The van der Waals surface area contributed by atoms with E-state index in [1.807, 2.05) is 18.7 Å². The van der Waals surface area contributed by atoms with E-state index in [9.17, 15) is 4.79 Å². The van der Waals surface area contributed by atoms with Crippen molar-refractivity contribution in [3.63, 3.8) is 0 Å². The van der Waals surface area contributed by atoms with E-state index in [0.717, 1.165) is 32.5 Å². The molecule has 1 atom stereocenters. The van der Waals surface area contributed by atoms with Gasteiger partial charge in [0.15, 0.2) is 0 Å². The average molecular weight is 241 g/mol. The first kappa shape index (κ1) is 14.5. The van der Waals surface area contributed by atoms with Crippen molar-refractivity contribution in [2.45, 2.75) is 45.2 Å². The maximum Gasteiger partial charge on any atom is 0.242 e. The summed E-state index contributed by atoms with van der Waals surface area (Å²) < 4.78 is 0. The Morgan fingerprint density at radius 1 is 1.47 bits per heavy atom. The third-order valence-electron chi connectivity index (χ3n) is 3.46. The van der Waals surface area contributed by atoms with Crippen LogP contribution in [0.4, 0.5) is 0 Å². The summed E-state index contributed by atoms with van der Waals surface area (Å²) in [5, 5.41) is 3.33. The minimum absolute atomic E-state index is 0.237. The van der Waals surface area contributed by atoms with E-state index in [4.69, 9.17) is 0 Å². The zero-order valence-electron chi connectivity index (χ0n) is 11.9. The summed E-state index contributed by atoms with van der Waals surface area (Å²) >= 11 is 0. The number of carbonyl (C=O) groups excluding carboxylic acids is 1. The lowest BCUT2D eigenvalue weighted by Gasteiger charge is -2.32. The minimum atomic E-state index is -0.414. The summed E-state index contributed by atoms with van der Waals surface area (Å²) in [7, 11) is 4.14. The molecule has 4 nitrogen and oxygen atoms in total. The highest BCUT2D eigenvalue weighted by molar-refractivity contribution is 5.86. The molecule has 0 saturated carbocycles. The van der Waals surface area contributed by atoms with Crippen molar-refractivity contribution in [1.29, 1.82) is 0 Å². The van der Waals surface area contributed by atoms with Gasteiger partial charge in [0.25, 0.3) is 0 Å². The fourth-order valence-electron chi connectivity index (χ4n) is 2.26. The number of hydrogen-bond donors (Lipinski definition) is 1. The summed E-state index contributed by atoms with van der Waals surface area (Å²) in [6.45, 7) is 8.92. The number of carbonyl (C=O) groups is 1. The van der Waals surface area contributed by atoms with E-state index >= 15 is 0 Å². The van der Waals surface area contributed by atoms with Crippen LogP contribution in [-0.4, -0.2) is 61.0 Å². The molecular weight excluding hydrogens is 214 g/mol. The third-order valence-corrected chi connectivity index (χ3v) is 3.46. The van der Waals surface area contributed by atoms with Crippen molar-refractivity contribution >= 4 is 5.91 Å². The molecule has 1 rings (SSSR count). The van der Waals surface area contributed by atoms with Gasteiger partial charge in [-0.25, -0.2) is 0 Å². The molecule has 1 amide bonds. The van der Waals surface area contributed by atoms with E-state index in [0.29, 0.717) is 6.04 Å². The zero-order chi connectivity index (χ0) is 13.1. The van der Waals surface area contributed by atoms with Crippen molar-refractivity contribution in [2.24, 2.45) is 0 Å². The normalized spacial score (nSPS) is 25.2. The standard InChI is InChI=1S/C13H27N3O/c1-11-7-8-14-13(2,3)12(17)16(11)10-6-9-15(4)5/h11,14H,6-10H2,1-5H3. The van der Waals surface area contributed by atoms with Gasteiger partial charge in [-0.15, -0.1) is 0 Å². The van der Waals surface area contributed by atoms with Crippen molar-refractivity contribution in [1.82, 2.24) is 15.1 Å². The Hall–Kier alpha value is -0.610. The molecule has 1 aliphatic heterocycles. The minimum Gasteiger partial charge on any atom is -0.338 e. The van der Waals surface area contributed by atoms with Gasteiger partial charge in [-0.2, -0.15) is 0 Å². The first-order chi connectivity index (χ1) is 7.84. The second-order valence-electron chi connectivity index (χ2n) is 5.84. The highest BCUT2D eigenvalue weighted by Gasteiger charge is 2.35. The monoisotopic (exact) mass is 241 g/mol. The Morgan fingerprint density at radius 2 is 2.12 bits per heavy atom. The van der Waals surface area contributed by atoms with Gasteiger partial charge >= 0.3 is 0 Å². The predicted octanol–water partition coefficient (Wildman–Crippen LogP) is 0.927. The second-order valence-corrected chi connectivity index (χ2v) is 5.84. The number of amides is 1. The number of rotatable bonds is 4. The SMILES string of the molecule is CC1CCNC(C)(C)C(=O)N1CCCN(C)C. The van der Waals surface area contributed by atoms with Gasteiger partial charge in [-0.3, -0.25) is 4.79 Å². The van der Waals surface area contributed by atoms with Gasteiger partial charge in [0.2, 0.25) is 5.91 Å².